The average Bonchev–Trinajstić information content (AvgIpc) is 2.38. The molecular formula is C11H14F3N3O. The summed E-state index contributed by atoms with van der Waals surface area (Å²) in [5.74, 6) is 0.587. The standard InChI is InChI=1S/C11H14F3N3O/c12-11(13,14)9-3-4-10(16-15-9)17-5-1-2-8(6-17)7-18/h3-4,8,18H,1-2,5-7H2. The van der Waals surface area contributed by atoms with Crippen LogP contribution in [0.15, 0.2) is 12.1 Å². The number of aliphatic hydroxyl groups excluding tert-OH is 1. The number of aromatic nitrogens is 2. The molecule has 0 aromatic carbocycles. The van der Waals surface area contributed by atoms with E-state index in [0.717, 1.165) is 25.5 Å². The highest BCUT2D eigenvalue weighted by molar-refractivity contribution is 5.38. The van der Waals surface area contributed by atoms with E-state index < -0.39 is 11.9 Å². The van der Waals surface area contributed by atoms with Crippen molar-refractivity contribution in [2.24, 2.45) is 5.92 Å². The van der Waals surface area contributed by atoms with Gasteiger partial charge >= 0.3 is 6.18 Å². The van der Waals surface area contributed by atoms with Crippen molar-refractivity contribution in [2.45, 2.75) is 19.0 Å². The van der Waals surface area contributed by atoms with Gasteiger partial charge in [-0.2, -0.15) is 13.2 Å². The molecule has 0 radical (unpaired) electrons. The molecule has 100 valence electrons. The predicted molar refractivity (Wildman–Crippen MR) is 59.1 cm³/mol. The normalized spacial score (nSPS) is 21.1. The first kappa shape index (κ1) is 13.1. The van der Waals surface area contributed by atoms with Crippen molar-refractivity contribution in [1.29, 1.82) is 0 Å². The van der Waals surface area contributed by atoms with Gasteiger partial charge in [-0.1, -0.05) is 0 Å². The second-order valence-corrected chi connectivity index (χ2v) is 4.41. The molecule has 7 heteroatoms. The third-order valence-corrected chi connectivity index (χ3v) is 3.04. The zero-order valence-corrected chi connectivity index (χ0v) is 9.69. The lowest BCUT2D eigenvalue weighted by atomic mass is 9.99. The second kappa shape index (κ2) is 5.09. The Morgan fingerprint density at radius 2 is 2.11 bits per heavy atom. The van der Waals surface area contributed by atoms with Crippen LogP contribution < -0.4 is 4.90 Å². The molecule has 4 nitrogen and oxygen atoms in total. The summed E-state index contributed by atoms with van der Waals surface area (Å²) in [6.45, 7) is 1.43. The fourth-order valence-corrected chi connectivity index (χ4v) is 2.07. The molecule has 0 spiro atoms. The summed E-state index contributed by atoms with van der Waals surface area (Å²) in [5.41, 5.74) is -0.984. The van der Waals surface area contributed by atoms with Gasteiger partial charge in [-0.15, -0.1) is 10.2 Å². The van der Waals surface area contributed by atoms with Crippen molar-refractivity contribution >= 4 is 5.82 Å². The summed E-state index contributed by atoms with van der Waals surface area (Å²) >= 11 is 0. The van der Waals surface area contributed by atoms with Crippen molar-refractivity contribution in [1.82, 2.24) is 10.2 Å². The maximum absolute atomic E-state index is 12.3. The zero-order valence-electron chi connectivity index (χ0n) is 9.69. The molecular weight excluding hydrogens is 247 g/mol. The Hall–Kier alpha value is -1.37. The van der Waals surface area contributed by atoms with Gasteiger partial charge in [-0.3, -0.25) is 0 Å². The summed E-state index contributed by atoms with van der Waals surface area (Å²) in [4.78, 5) is 1.86. The van der Waals surface area contributed by atoms with Crippen LogP contribution in [0.5, 0.6) is 0 Å². The first-order chi connectivity index (χ1) is 8.50. The van der Waals surface area contributed by atoms with Crippen LogP contribution in [0.2, 0.25) is 0 Å². The van der Waals surface area contributed by atoms with Crippen molar-refractivity contribution < 1.29 is 18.3 Å². The molecule has 2 rings (SSSR count). The van der Waals surface area contributed by atoms with E-state index in [9.17, 15) is 13.2 Å². The van der Waals surface area contributed by atoms with Crippen molar-refractivity contribution in [2.75, 3.05) is 24.6 Å². The number of anilines is 1. The maximum atomic E-state index is 12.3. The molecule has 1 atom stereocenters. The van der Waals surface area contributed by atoms with E-state index in [1.54, 1.807) is 0 Å². The average molecular weight is 261 g/mol. The topological polar surface area (TPSA) is 49.2 Å². The Bertz CT molecular complexity index is 394. The van der Waals surface area contributed by atoms with Gasteiger partial charge in [0.05, 0.1) is 0 Å². The molecule has 1 aromatic heterocycles. The second-order valence-electron chi connectivity index (χ2n) is 4.41. The van der Waals surface area contributed by atoms with Gasteiger partial charge in [0.2, 0.25) is 0 Å². The minimum atomic E-state index is -4.46. The molecule has 0 saturated carbocycles. The number of rotatable bonds is 2. The Kier molecular flexibility index (Phi) is 3.70. The smallest absolute Gasteiger partial charge is 0.396 e. The summed E-state index contributed by atoms with van der Waals surface area (Å²) in [5, 5.41) is 15.9. The third-order valence-electron chi connectivity index (χ3n) is 3.04. The first-order valence-electron chi connectivity index (χ1n) is 5.77. The SMILES string of the molecule is OCC1CCCN(c2ccc(C(F)(F)F)nn2)C1. The Morgan fingerprint density at radius 3 is 2.67 bits per heavy atom. The van der Waals surface area contributed by atoms with E-state index in [1.165, 1.54) is 6.07 Å². The fraction of sp³-hybridized carbons (Fsp3) is 0.636. The Morgan fingerprint density at radius 1 is 1.33 bits per heavy atom. The third kappa shape index (κ3) is 2.90. The molecule has 0 aliphatic carbocycles. The van der Waals surface area contributed by atoms with Crippen LogP contribution in [-0.4, -0.2) is 35.0 Å². The summed E-state index contributed by atoms with van der Waals surface area (Å²) in [6.07, 6.45) is -2.63. The van der Waals surface area contributed by atoms with Crippen molar-refractivity contribution in [3.63, 3.8) is 0 Å². The predicted octanol–water partition coefficient (Wildman–Crippen LogP) is 1.70. The van der Waals surface area contributed by atoms with Crippen LogP contribution in [0.25, 0.3) is 0 Å². The highest BCUT2D eigenvalue weighted by atomic mass is 19.4. The van der Waals surface area contributed by atoms with Gasteiger partial charge in [0, 0.05) is 19.7 Å². The van der Waals surface area contributed by atoms with Crippen molar-refractivity contribution in [3.05, 3.63) is 17.8 Å². The molecule has 1 aliphatic rings. The Labute approximate surface area is 102 Å². The lowest BCUT2D eigenvalue weighted by Crippen LogP contribution is -2.37. The maximum Gasteiger partial charge on any atom is 0.435 e. The number of hydrogen-bond donors (Lipinski definition) is 1. The number of piperidine rings is 1. The minimum absolute atomic E-state index is 0.0879. The van der Waals surface area contributed by atoms with Crippen LogP contribution >= 0.6 is 0 Å². The number of halogens is 3. The van der Waals surface area contributed by atoms with Gasteiger partial charge in [0.1, 0.15) is 0 Å². The molecule has 0 bridgehead atoms. The monoisotopic (exact) mass is 261 g/mol. The summed E-state index contributed by atoms with van der Waals surface area (Å²) < 4.78 is 37.0. The molecule has 0 amide bonds. The van der Waals surface area contributed by atoms with E-state index in [1.807, 2.05) is 4.90 Å². The van der Waals surface area contributed by atoms with Gasteiger partial charge in [-0.05, 0) is 30.9 Å². The fourth-order valence-electron chi connectivity index (χ4n) is 2.07. The first-order valence-corrected chi connectivity index (χ1v) is 5.77. The molecule has 1 aliphatic heterocycles. The van der Waals surface area contributed by atoms with Crippen LogP contribution in [0.4, 0.5) is 19.0 Å². The highest BCUT2D eigenvalue weighted by Gasteiger charge is 2.33. The molecule has 2 heterocycles. The van der Waals surface area contributed by atoms with E-state index >= 15 is 0 Å². The largest absolute Gasteiger partial charge is 0.435 e. The van der Waals surface area contributed by atoms with Gasteiger partial charge in [-0.25, -0.2) is 0 Å². The molecule has 1 saturated heterocycles. The lowest BCUT2D eigenvalue weighted by Gasteiger charge is -2.32. The summed E-state index contributed by atoms with van der Waals surface area (Å²) in [6, 6.07) is 2.26. The van der Waals surface area contributed by atoms with Gasteiger partial charge < -0.3 is 10.0 Å². The highest BCUT2D eigenvalue weighted by Crippen LogP contribution is 2.28. The van der Waals surface area contributed by atoms with Crippen LogP contribution in [0.3, 0.4) is 0 Å². The number of hydrogen-bond acceptors (Lipinski definition) is 4. The van der Waals surface area contributed by atoms with Gasteiger partial charge in [0.25, 0.3) is 0 Å². The summed E-state index contributed by atoms with van der Waals surface area (Å²) in [7, 11) is 0. The minimum Gasteiger partial charge on any atom is -0.396 e. The number of nitrogens with zero attached hydrogens (tertiary/aromatic N) is 3. The van der Waals surface area contributed by atoms with Crippen LogP contribution in [-0.2, 0) is 6.18 Å². The number of aliphatic hydroxyl groups is 1. The van der Waals surface area contributed by atoms with E-state index in [4.69, 9.17) is 5.11 Å². The van der Waals surface area contributed by atoms with Crippen LogP contribution in [0.1, 0.15) is 18.5 Å². The number of alkyl halides is 3. The van der Waals surface area contributed by atoms with Crippen molar-refractivity contribution in [3.8, 4) is 0 Å². The molecule has 1 unspecified atom stereocenters. The van der Waals surface area contributed by atoms with E-state index in [2.05, 4.69) is 10.2 Å². The molecule has 1 fully saturated rings. The zero-order chi connectivity index (χ0) is 13.2. The Balaban J connectivity index is 2.09. The van der Waals surface area contributed by atoms with E-state index in [-0.39, 0.29) is 12.5 Å². The lowest BCUT2D eigenvalue weighted by molar-refractivity contribution is -0.141. The molecule has 1 aromatic rings. The van der Waals surface area contributed by atoms with Gasteiger partial charge in [0.15, 0.2) is 11.5 Å². The quantitative estimate of drug-likeness (QED) is 0.880. The van der Waals surface area contributed by atoms with Crippen LogP contribution in [0, 0.1) is 5.92 Å². The van der Waals surface area contributed by atoms with E-state index in [0.29, 0.717) is 12.4 Å². The molecule has 1 N–H and O–H groups in total. The molecule has 18 heavy (non-hydrogen) atoms.